The standard InChI is InChI=1S/C24H21F4N3O/c25-18-4-6-19(7-5-18)31-21-11-15-2-1-3-17-12-23(32,24(26,27)28)9-8-22(17,14-29)20(15)10-16(21)13-30-31/h4-7,10-11,13,17,32H,1-3,8-9,12H2/t17-,22-,23-/m0/s1. The summed E-state index contributed by atoms with van der Waals surface area (Å²) in [6, 6.07) is 12.1. The summed E-state index contributed by atoms with van der Waals surface area (Å²) in [4.78, 5) is 0. The lowest BCUT2D eigenvalue weighted by Crippen LogP contribution is -2.54. The largest absolute Gasteiger partial charge is 0.417 e. The molecule has 3 atom stereocenters. The van der Waals surface area contributed by atoms with Crippen molar-refractivity contribution >= 4 is 10.9 Å². The molecule has 1 saturated carbocycles. The Morgan fingerprint density at radius 1 is 1.16 bits per heavy atom. The van der Waals surface area contributed by atoms with Crippen LogP contribution < -0.4 is 0 Å². The molecule has 32 heavy (non-hydrogen) atoms. The van der Waals surface area contributed by atoms with E-state index in [0.29, 0.717) is 24.9 Å². The Kier molecular flexibility index (Phi) is 4.61. The van der Waals surface area contributed by atoms with E-state index in [9.17, 15) is 27.9 Å². The number of alkyl halides is 3. The fourth-order valence-corrected chi connectivity index (χ4v) is 5.53. The van der Waals surface area contributed by atoms with Gasteiger partial charge in [0.25, 0.3) is 0 Å². The maximum atomic E-state index is 13.5. The predicted octanol–water partition coefficient (Wildman–Crippen LogP) is 5.36. The Morgan fingerprint density at radius 2 is 1.91 bits per heavy atom. The van der Waals surface area contributed by atoms with Crippen LogP contribution in [0.5, 0.6) is 0 Å². The van der Waals surface area contributed by atoms with E-state index in [4.69, 9.17) is 0 Å². The molecule has 0 bridgehead atoms. The van der Waals surface area contributed by atoms with Crippen LogP contribution in [-0.4, -0.2) is 26.7 Å². The van der Waals surface area contributed by atoms with Crippen molar-refractivity contribution < 1.29 is 22.7 Å². The van der Waals surface area contributed by atoms with Gasteiger partial charge in [-0.15, -0.1) is 0 Å². The SMILES string of the molecule is N#C[C@@]12CC[C@@](O)(C(F)(F)F)C[C@@H]1CCCc1cc3c(cnn3-c3ccc(F)cc3)cc12. The normalized spacial score (nSPS) is 27.9. The zero-order valence-electron chi connectivity index (χ0n) is 17.2. The molecule has 0 spiro atoms. The second-order valence-corrected chi connectivity index (χ2v) is 9.01. The van der Waals surface area contributed by atoms with Crippen LogP contribution in [0.3, 0.4) is 0 Å². The lowest BCUT2D eigenvalue weighted by Gasteiger charge is -2.46. The summed E-state index contributed by atoms with van der Waals surface area (Å²) in [7, 11) is 0. The number of aromatic nitrogens is 2. The van der Waals surface area contributed by atoms with E-state index in [0.717, 1.165) is 22.0 Å². The summed E-state index contributed by atoms with van der Waals surface area (Å²) in [6.45, 7) is 0. The van der Waals surface area contributed by atoms with Gasteiger partial charge in [0.05, 0.1) is 28.9 Å². The maximum absolute atomic E-state index is 13.5. The lowest BCUT2D eigenvalue weighted by molar-refractivity contribution is -0.277. The highest BCUT2D eigenvalue weighted by Gasteiger charge is 2.61. The van der Waals surface area contributed by atoms with Crippen molar-refractivity contribution in [3.63, 3.8) is 0 Å². The van der Waals surface area contributed by atoms with Gasteiger partial charge < -0.3 is 5.11 Å². The molecule has 0 radical (unpaired) electrons. The van der Waals surface area contributed by atoms with Crippen molar-refractivity contribution in [2.24, 2.45) is 5.92 Å². The van der Waals surface area contributed by atoms with Crippen molar-refractivity contribution in [2.45, 2.75) is 55.7 Å². The zero-order valence-corrected chi connectivity index (χ0v) is 17.2. The summed E-state index contributed by atoms with van der Waals surface area (Å²) in [5.41, 5.74) is -0.670. The molecule has 1 N–H and O–H groups in total. The zero-order chi connectivity index (χ0) is 22.7. The number of hydrogen-bond acceptors (Lipinski definition) is 3. The van der Waals surface area contributed by atoms with Gasteiger partial charge >= 0.3 is 6.18 Å². The first-order valence-electron chi connectivity index (χ1n) is 10.6. The average molecular weight is 443 g/mol. The molecular formula is C24H21F4N3O. The molecule has 1 aromatic heterocycles. The van der Waals surface area contributed by atoms with E-state index in [1.807, 2.05) is 12.1 Å². The minimum atomic E-state index is -4.72. The number of nitrogens with zero attached hydrogens (tertiary/aromatic N) is 3. The molecule has 0 unspecified atom stereocenters. The van der Waals surface area contributed by atoms with E-state index in [1.165, 1.54) is 12.1 Å². The highest BCUT2D eigenvalue weighted by molar-refractivity contribution is 5.83. The summed E-state index contributed by atoms with van der Waals surface area (Å²) in [5.74, 6) is -0.934. The number of fused-ring (bicyclic) bond motifs is 4. The van der Waals surface area contributed by atoms with E-state index in [1.54, 1.807) is 23.0 Å². The van der Waals surface area contributed by atoms with E-state index in [-0.39, 0.29) is 12.2 Å². The van der Waals surface area contributed by atoms with Crippen LogP contribution in [0.4, 0.5) is 17.6 Å². The molecule has 1 fully saturated rings. The number of rotatable bonds is 1. The molecule has 0 saturated heterocycles. The third-order valence-electron chi connectivity index (χ3n) is 7.28. The molecule has 5 rings (SSSR count). The van der Waals surface area contributed by atoms with Gasteiger partial charge in [-0.25, -0.2) is 9.07 Å². The van der Waals surface area contributed by atoms with Crippen molar-refractivity contribution in [1.82, 2.24) is 9.78 Å². The first kappa shape index (κ1) is 21.0. The molecule has 0 amide bonds. The highest BCUT2D eigenvalue weighted by atomic mass is 19.4. The predicted molar refractivity (Wildman–Crippen MR) is 110 cm³/mol. The molecular weight excluding hydrogens is 422 g/mol. The third-order valence-corrected chi connectivity index (χ3v) is 7.28. The summed E-state index contributed by atoms with van der Waals surface area (Å²) in [6.07, 6.45) is -2.36. The first-order chi connectivity index (χ1) is 15.2. The number of nitriles is 1. The molecule has 8 heteroatoms. The van der Waals surface area contributed by atoms with Crippen LogP contribution >= 0.6 is 0 Å². The quantitative estimate of drug-likeness (QED) is 0.516. The smallest absolute Gasteiger partial charge is 0.380 e. The fraction of sp³-hybridized carbons (Fsp3) is 0.417. The van der Waals surface area contributed by atoms with Gasteiger partial charge in [0.15, 0.2) is 5.60 Å². The first-order valence-corrected chi connectivity index (χ1v) is 10.6. The summed E-state index contributed by atoms with van der Waals surface area (Å²) < 4.78 is 55.6. The van der Waals surface area contributed by atoms with Gasteiger partial charge in [0, 0.05) is 5.39 Å². The monoisotopic (exact) mass is 443 g/mol. The van der Waals surface area contributed by atoms with Gasteiger partial charge in [0.1, 0.15) is 5.82 Å². The van der Waals surface area contributed by atoms with Crippen LogP contribution in [0.1, 0.15) is 43.2 Å². The minimum Gasteiger partial charge on any atom is -0.380 e. The van der Waals surface area contributed by atoms with Gasteiger partial charge in [-0.3, -0.25) is 0 Å². The van der Waals surface area contributed by atoms with Crippen molar-refractivity contribution in [1.29, 1.82) is 5.26 Å². The molecule has 0 aliphatic heterocycles. The van der Waals surface area contributed by atoms with Crippen LogP contribution in [0.25, 0.3) is 16.6 Å². The maximum Gasteiger partial charge on any atom is 0.417 e. The van der Waals surface area contributed by atoms with Gasteiger partial charge in [-0.1, -0.05) is 0 Å². The second-order valence-electron chi connectivity index (χ2n) is 9.01. The van der Waals surface area contributed by atoms with Crippen LogP contribution in [0, 0.1) is 23.1 Å². The van der Waals surface area contributed by atoms with Crippen LogP contribution in [0.2, 0.25) is 0 Å². The van der Waals surface area contributed by atoms with Crippen molar-refractivity contribution in [2.75, 3.05) is 0 Å². The molecule has 2 aromatic carbocycles. The van der Waals surface area contributed by atoms with Crippen LogP contribution in [-0.2, 0) is 11.8 Å². The fourth-order valence-electron chi connectivity index (χ4n) is 5.53. The number of hydrogen-bond donors (Lipinski definition) is 1. The molecule has 2 aliphatic carbocycles. The van der Waals surface area contributed by atoms with E-state index >= 15 is 0 Å². The Hall–Kier alpha value is -2.92. The van der Waals surface area contributed by atoms with Gasteiger partial charge in [0.2, 0.25) is 0 Å². The third kappa shape index (κ3) is 3.02. The minimum absolute atomic E-state index is 0.0468. The number of aryl methyl sites for hydroxylation is 1. The topological polar surface area (TPSA) is 61.8 Å². The summed E-state index contributed by atoms with van der Waals surface area (Å²) in [5, 5.41) is 25.8. The highest BCUT2D eigenvalue weighted by Crippen LogP contribution is 2.55. The molecule has 3 aromatic rings. The molecule has 1 heterocycles. The van der Waals surface area contributed by atoms with Crippen LogP contribution in [0.15, 0.2) is 42.6 Å². The van der Waals surface area contributed by atoms with E-state index in [2.05, 4.69) is 11.2 Å². The van der Waals surface area contributed by atoms with Gasteiger partial charge in [-0.05, 0) is 92.0 Å². The van der Waals surface area contributed by atoms with E-state index < -0.39 is 36.0 Å². The number of aliphatic hydroxyl groups is 1. The molecule has 166 valence electrons. The second kappa shape index (κ2) is 7.04. The summed E-state index contributed by atoms with van der Waals surface area (Å²) >= 11 is 0. The Morgan fingerprint density at radius 3 is 2.59 bits per heavy atom. The molecule has 4 nitrogen and oxygen atoms in total. The lowest BCUT2D eigenvalue weighted by atomic mass is 9.58. The Labute approximate surface area is 182 Å². The van der Waals surface area contributed by atoms with Crippen molar-refractivity contribution in [3.05, 3.63) is 59.5 Å². The van der Waals surface area contributed by atoms with Gasteiger partial charge in [-0.2, -0.15) is 23.5 Å². The Balaban J connectivity index is 1.62. The average Bonchev–Trinajstić information content (AvgIpc) is 3.09. The Bertz CT molecular complexity index is 1230. The number of halogens is 4. The molecule has 2 aliphatic rings. The van der Waals surface area contributed by atoms with Crippen molar-refractivity contribution in [3.8, 4) is 11.8 Å². The number of benzene rings is 2.